The molecule has 0 aromatic heterocycles. The second-order valence-corrected chi connectivity index (χ2v) is 19.4. The maximum Gasteiger partial charge on any atom is 0.0474 e. The monoisotopic (exact) mass is 895 g/mol. The molecule has 0 atom stereocenters. The van der Waals surface area contributed by atoms with Gasteiger partial charge in [0.15, 0.2) is 0 Å². The number of hydrogen-bond acceptors (Lipinski definition) is 1. The van der Waals surface area contributed by atoms with Crippen LogP contribution < -0.4 is 4.90 Å². The highest BCUT2D eigenvalue weighted by atomic mass is 15.1. The Morgan fingerprint density at radius 1 is 0.197 bits per heavy atom. The van der Waals surface area contributed by atoms with Crippen LogP contribution in [0.25, 0.3) is 142 Å². The summed E-state index contributed by atoms with van der Waals surface area (Å²) >= 11 is 0. The lowest BCUT2D eigenvalue weighted by atomic mass is 9.80. The molecule has 0 heterocycles. The molecule has 14 aromatic carbocycles. The van der Waals surface area contributed by atoms with Gasteiger partial charge < -0.3 is 4.90 Å². The van der Waals surface area contributed by atoms with E-state index < -0.39 is 0 Å². The van der Waals surface area contributed by atoms with Crippen molar-refractivity contribution >= 4 is 92.5 Å². The fourth-order valence-corrected chi connectivity index (χ4v) is 12.9. The zero-order valence-corrected chi connectivity index (χ0v) is 38.6. The van der Waals surface area contributed by atoms with Gasteiger partial charge in [-0.15, -0.1) is 0 Å². The first-order valence-electron chi connectivity index (χ1n) is 24.7. The standard InChI is InChI=1S/C70H41N/c1-5-18-42(19-6-1)64-56-35-34-52-54(68(56)65(43-20-7-2-8-21-43)69-55-31-17-30-53-50-28-15-13-23-45(50)38-63(66(53)55)70(64)69)33-32-46-36-58-59(41-57(46)52)62-40-49(39-61-51-29-16-14-22-44(51)37-60(58)67(61)62)71(47-24-9-3-10-25-47)48-26-11-4-12-27-48/h1-41H. The van der Waals surface area contributed by atoms with E-state index >= 15 is 0 Å². The van der Waals surface area contributed by atoms with Crippen molar-refractivity contribution in [2.75, 3.05) is 4.90 Å². The second kappa shape index (κ2) is 14.6. The molecule has 1 heteroatoms. The molecular weight excluding hydrogens is 855 g/mol. The van der Waals surface area contributed by atoms with Crippen LogP contribution in [-0.4, -0.2) is 0 Å². The van der Waals surface area contributed by atoms with Crippen LogP contribution in [0.5, 0.6) is 0 Å². The summed E-state index contributed by atoms with van der Waals surface area (Å²) in [6.07, 6.45) is 0. The number of rotatable bonds is 5. The van der Waals surface area contributed by atoms with Gasteiger partial charge in [-0.2, -0.15) is 0 Å². The molecule has 0 saturated carbocycles. The van der Waals surface area contributed by atoms with Crippen LogP contribution in [0.3, 0.4) is 0 Å². The molecule has 326 valence electrons. The number of benzene rings is 14. The molecule has 0 bridgehead atoms. The highest BCUT2D eigenvalue weighted by Gasteiger charge is 2.33. The minimum Gasteiger partial charge on any atom is -0.310 e. The summed E-state index contributed by atoms with van der Waals surface area (Å²) in [4.78, 5) is 2.41. The molecule has 14 aromatic rings. The molecule has 0 unspecified atom stereocenters. The quantitative estimate of drug-likeness (QED) is 0.156. The van der Waals surface area contributed by atoms with Gasteiger partial charge in [-0.1, -0.05) is 188 Å². The van der Waals surface area contributed by atoms with Crippen LogP contribution >= 0.6 is 0 Å². The number of hydrogen-bond donors (Lipinski definition) is 0. The minimum absolute atomic E-state index is 1.13. The molecule has 1 nitrogen and oxygen atoms in total. The average molecular weight is 896 g/mol. The van der Waals surface area contributed by atoms with E-state index in [-0.39, 0.29) is 0 Å². The summed E-state index contributed by atoms with van der Waals surface area (Å²) in [6, 6.07) is 93.1. The highest BCUT2D eigenvalue weighted by Crippen LogP contribution is 2.60. The molecule has 0 saturated heterocycles. The molecule has 2 aliphatic carbocycles. The van der Waals surface area contributed by atoms with E-state index in [1.165, 1.54) is 142 Å². The molecule has 0 N–H and O–H groups in total. The Morgan fingerprint density at radius 2 is 0.676 bits per heavy atom. The van der Waals surface area contributed by atoms with Crippen molar-refractivity contribution in [3.8, 4) is 66.8 Å². The first-order valence-corrected chi connectivity index (χ1v) is 24.7. The third-order valence-electron chi connectivity index (χ3n) is 15.8. The summed E-state index contributed by atoms with van der Waals surface area (Å²) in [7, 11) is 0. The van der Waals surface area contributed by atoms with Crippen LogP contribution in [0.1, 0.15) is 0 Å². The van der Waals surface area contributed by atoms with E-state index in [4.69, 9.17) is 0 Å². The van der Waals surface area contributed by atoms with Crippen LogP contribution in [0.4, 0.5) is 17.1 Å². The number of nitrogens with zero attached hydrogens (tertiary/aromatic N) is 1. The minimum atomic E-state index is 1.13. The lowest BCUT2D eigenvalue weighted by Gasteiger charge is -2.26. The van der Waals surface area contributed by atoms with E-state index in [0.29, 0.717) is 0 Å². The van der Waals surface area contributed by atoms with Crippen molar-refractivity contribution in [3.63, 3.8) is 0 Å². The van der Waals surface area contributed by atoms with Gasteiger partial charge >= 0.3 is 0 Å². The molecule has 0 spiro atoms. The van der Waals surface area contributed by atoms with Gasteiger partial charge in [-0.25, -0.2) is 0 Å². The predicted octanol–water partition coefficient (Wildman–Crippen LogP) is 19.9. The Hall–Kier alpha value is -9.30. The van der Waals surface area contributed by atoms with Crippen molar-refractivity contribution in [2.45, 2.75) is 0 Å². The average Bonchev–Trinajstić information content (AvgIpc) is 3.93. The van der Waals surface area contributed by atoms with Gasteiger partial charge in [0.1, 0.15) is 0 Å². The summed E-state index contributed by atoms with van der Waals surface area (Å²) < 4.78 is 0. The SMILES string of the molecule is c1ccc(-c2c3c(c(-c4ccccc4)c4c2ccc2c5cc6c(cc5ccc24)-c2cc4ccccc4c4cc(N(c5ccccc5)c5ccccc5)cc-6c24)-c2cccc4c2c-3cc2ccccc24)cc1. The van der Waals surface area contributed by atoms with Crippen molar-refractivity contribution in [3.05, 3.63) is 249 Å². The topological polar surface area (TPSA) is 3.24 Å². The van der Waals surface area contributed by atoms with Crippen LogP contribution in [-0.2, 0) is 0 Å². The van der Waals surface area contributed by atoms with E-state index in [1.807, 2.05) is 0 Å². The smallest absolute Gasteiger partial charge is 0.0474 e. The van der Waals surface area contributed by atoms with Gasteiger partial charge in [0.05, 0.1) is 0 Å². The molecule has 2 aliphatic rings. The van der Waals surface area contributed by atoms with Crippen molar-refractivity contribution < 1.29 is 0 Å². The Labute approximate surface area is 410 Å². The van der Waals surface area contributed by atoms with Crippen LogP contribution in [0.15, 0.2) is 249 Å². The summed E-state index contributed by atoms with van der Waals surface area (Å²) in [5.74, 6) is 0. The molecular formula is C70H41N. The summed E-state index contributed by atoms with van der Waals surface area (Å²) in [6.45, 7) is 0. The Kier molecular flexibility index (Phi) is 7.95. The highest BCUT2D eigenvalue weighted by molar-refractivity contribution is 6.35. The molecule has 0 amide bonds. The second-order valence-electron chi connectivity index (χ2n) is 19.4. The van der Waals surface area contributed by atoms with Gasteiger partial charge in [-0.05, 0) is 203 Å². The van der Waals surface area contributed by atoms with Gasteiger partial charge in [0, 0.05) is 17.1 Å². The third kappa shape index (κ3) is 5.41. The molecule has 0 aliphatic heterocycles. The van der Waals surface area contributed by atoms with Gasteiger partial charge in [0.25, 0.3) is 0 Å². The van der Waals surface area contributed by atoms with Gasteiger partial charge in [-0.3, -0.25) is 0 Å². The molecule has 71 heavy (non-hydrogen) atoms. The largest absolute Gasteiger partial charge is 0.310 e. The van der Waals surface area contributed by atoms with E-state index in [2.05, 4.69) is 254 Å². The first kappa shape index (κ1) is 38.6. The maximum absolute atomic E-state index is 2.52. The maximum atomic E-state index is 2.52. The van der Waals surface area contributed by atoms with Crippen LogP contribution in [0.2, 0.25) is 0 Å². The molecule has 0 radical (unpaired) electrons. The zero-order chi connectivity index (χ0) is 46.3. The van der Waals surface area contributed by atoms with E-state index in [0.717, 1.165) is 17.1 Å². The molecule has 16 rings (SSSR count). The van der Waals surface area contributed by atoms with Gasteiger partial charge in [0.2, 0.25) is 0 Å². The Bertz CT molecular complexity index is 4550. The predicted molar refractivity (Wildman–Crippen MR) is 303 cm³/mol. The number of anilines is 3. The fraction of sp³-hybridized carbons (Fsp3) is 0. The van der Waals surface area contributed by atoms with Crippen molar-refractivity contribution in [2.24, 2.45) is 0 Å². The Morgan fingerprint density at radius 3 is 1.38 bits per heavy atom. The van der Waals surface area contributed by atoms with E-state index in [9.17, 15) is 0 Å². The zero-order valence-electron chi connectivity index (χ0n) is 38.6. The van der Waals surface area contributed by atoms with Crippen LogP contribution in [0, 0.1) is 0 Å². The summed E-state index contributed by atoms with van der Waals surface area (Å²) in [5.41, 5.74) is 18.9. The number of fused-ring (bicyclic) bond motifs is 15. The van der Waals surface area contributed by atoms with E-state index in [1.54, 1.807) is 0 Å². The number of para-hydroxylation sites is 2. The lowest BCUT2D eigenvalue weighted by molar-refractivity contribution is 1.29. The van der Waals surface area contributed by atoms with Crippen molar-refractivity contribution in [1.82, 2.24) is 0 Å². The third-order valence-corrected chi connectivity index (χ3v) is 15.8. The normalized spacial score (nSPS) is 12.2. The van der Waals surface area contributed by atoms with Crippen molar-refractivity contribution in [1.29, 1.82) is 0 Å². The summed E-state index contributed by atoms with van der Waals surface area (Å²) in [5, 5.41) is 17.9. The Balaban J connectivity index is 1.02. The lowest BCUT2D eigenvalue weighted by Crippen LogP contribution is -2.09. The first-order chi connectivity index (χ1) is 35.2. The fourth-order valence-electron chi connectivity index (χ4n) is 12.9. The molecule has 0 fully saturated rings.